The first-order valence-corrected chi connectivity index (χ1v) is 7.17. The normalized spacial score (nSPS) is 10.8. The number of nitrogens with one attached hydrogen (secondary N) is 1. The first-order chi connectivity index (χ1) is 10.1. The highest BCUT2D eigenvalue weighted by Crippen LogP contribution is 2.28. The van der Waals surface area contributed by atoms with Crippen molar-refractivity contribution in [2.45, 2.75) is 20.4 Å². The molecule has 3 heterocycles. The standard InChI is InChI=1S/C14H13N3O3S/c1-8-6-10(17-20-8)13(18)15-7-12-9(2)16-14(21-12)11-4-3-5-19-11/h3-6H,7H2,1-2H3,(H,15,18). The van der Waals surface area contributed by atoms with Gasteiger partial charge in [-0.3, -0.25) is 4.79 Å². The van der Waals surface area contributed by atoms with E-state index in [2.05, 4.69) is 15.5 Å². The predicted molar refractivity (Wildman–Crippen MR) is 77.0 cm³/mol. The summed E-state index contributed by atoms with van der Waals surface area (Å²) in [6.45, 7) is 4.05. The molecule has 0 aromatic carbocycles. The van der Waals surface area contributed by atoms with Crippen LogP contribution in [0.5, 0.6) is 0 Å². The molecule has 0 atom stereocenters. The Morgan fingerprint density at radius 2 is 2.29 bits per heavy atom. The van der Waals surface area contributed by atoms with Crippen molar-refractivity contribution in [3.63, 3.8) is 0 Å². The molecular formula is C14H13N3O3S. The van der Waals surface area contributed by atoms with Gasteiger partial charge in [0.1, 0.15) is 5.76 Å². The van der Waals surface area contributed by atoms with Crippen LogP contribution in [-0.2, 0) is 6.54 Å². The number of rotatable bonds is 4. The van der Waals surface area contributed by atoms with Gasteiger partial charge in [-0.05, 0) is 26.0 Å². The van der Waals surface area contributed by atoms with Crippen LogP contribution in [0.25, 0.3) is 10.8 Å². The highest BCUT2D eigenvalue weighted by Gasteiger charge is 2.14. The lowest BCUT2D eigenvalue weighted by atomic mass is 10.3. The van der Waals surface area contributed by atoms with Crippen LogP contribution in [0.2, 0.25) is 0 Å². The Kier molecular flexibility index (Phi) is 3.57. The number of hydrogen-bond acceptors (Lipinski definition) is 6. The maximum Gasteiger partial charge on any atom is 0.273 e. The van der Waals surface area contributed by atoms with Crippen molar-refractivity contribution >= 4 is 17.2 Å². The SMILES string of the molecule is Cc1cc(C(=O)NCc2sc(-c3ccco3)nc2C)no1. The van der Waals surface area contributed by atoms with Crippen LogP contribution in [0.15, 0.2) is 33.4 Å². The minimum atomic E-state index is -0.265. The highest BCUT2D eigenvalue weighted by molar-refractivity contribution is 7.15. The van der Waals surface area contributed by atoms with Crippen molar-refractivity contribution in [3.8, 4) is 10.8 Å². The molecule has 0 bridgehead atoms. The van der Waals surface area contributed by atoms with Gasteiger partial charge in [-0.1, -0.05) is 5.16 Å². The Morgan fingerprint density at radius 3 is 2.95 bits per heavy atom. The fourth-order valence-electron chi connectivity index (χ4n) is 1.82. The molecule has 0 unspecified atom stereocenters. The van der Waals surface area contributed by atoms with E-state index >= 15 is 0 Å². The van der Waals surface area contributed by atoms with Gasteiger partial charge >= 0.3 is 0 Å². The molecule has 3 aromatic heterocycles. The van der Waals surface area contributed by atoms with Gasteiger partial charge < -0.3 is 14.3 Å². The molecule has 108 valence electrons. The summed E-state index contributed by atoms with van der Waals surface area (Å²) in [4.78, 5) is 17.3. The zero-order valence-corrected chi connectivity index (χ0v) is 12.4. The summed E-state index contributed by atoms with van der Waals surface area (Å²) < 4.78 is 10.2. The monoisotopic (exact) mass is 303 g/mol. The van der Waals surface area contributed by atoms with Crippen LogP contribution in [0.1, 0.15) is 26.8 Å². The van der Waals surface area contributed by atoms with Crippen molar-refractivity contribution in [1.29, 1.82) is 0 Å². The summed E-state index contributed by atoms with van der Waals surface area (Å²) in [5, 5.41) is 7.29. The summed E-state index contributed by atoms with van der Waals surface area (Å²) in [6.07, 6.45) is 1.61. The molecule has 0 saturated heterocycles. The van der Waals surface area contributed by atoms with Crippen LogP contribution in [-0.4, -0.2) is 16.0 Å². The number of aryl methyl sites for hydroxylation is 2. The van der Waals surface area contributed by atoms with Gasteiger partial charge in [0.25, 0.3) is 5.91 Å². The predicted octanol–water partition coefficient (Wildman–Crippen LogP) is 2.94. The molecule has 1 N–H and O–H groups in total. The van der Waals surface area contributed by atoms with Gasteiger partial charge in [0.15, 0.2) is 16.5 Å². The smallest absolute Gasteiger partial charge is 0.273 e. The van der Waals surface area contributed by atoms with Gasteiger partial charge in [0, 0.05) is 10.9 Å². The molecular weight excluding hydrogens is 290 g/mol. The van der Waals surface area contributed by atoms with Crippen molar-refractivity contribution in [2.24, 2.45) is 0 Å². The first kappa shape index (κ1) is 13.6. The van der Waals surface area contributed by atoms with Gasteiger partial charge in [-0.15, -0.1) is 11.3 Å². The van der Waals surface area contributed by atoms with Gasteiger partial charge in [0.05, 0.1) is 18.5 Å². The minimum Gasteiger partial charge on any atom is -0.462 e. The van der Waals surface area contributed by atoms with E-state index in [1.54, 1.807) is 19.3 Å². The van der Waals surface area contributed by atoms with Crippen molar-refractivity contribution < 1.29 is 13.7 Å². The van der Waals surface area contributed by atoms with Crippen LogP contribution in [0.3, 0.4) is 0 Å². The second kappa shape index (κ2) is 5.53. The average Bonchev–Trinajstić information content (AvgIpc) is 3.16. The molecule has 3 rings (SSSR count). The Hall–Kier alpha value is -2.41. The van der Waals surface area contributed by atoms with E-state index in [1.165, 1.54) is 11.3 Å². The van der Waals surface area contributed by atoms with Crippen LogP contribution in [0, 0.1) is 13.8 Å². The number of amides is 1. The molecule has 3 aromatic rings. The third-order valence-electron chi connectivity index (χ3n) is 2.89. The van der Waals surface area contributed by atoms with Crippen molar-refractivity contribution in [2.75, 3.05) is 0 Å². The lowest BCUT2D eigenvalue weighted by Crippen LogP contribution is -2.22. The quantitative estimate of drug-likeness (QED) is 0.801. The summed E-state index contributed by atoms with van der Waals surface area (Å²) in [7, 11) is 0. The van der Waals surface area contributed by atoms with Crippen molar-refractivity contribution in [3.05, 3.63) is 46.5 Å². The molecule has 1 amide bonds. The van der Waals surface area contributed by atoms with Crippen LogP contribution < -0.4 is 5.32 Å². The average molecular weight is 303 g/mol. The molecule has 21 heavy (non-hydrogen) atoms. The Morgan fingerprint density at radius 1 is 1.43 bits per heavy atom. The number of carbonyl (C=O) groups excluding carboxylic acids is 1. The molecule has 0 aliphatic rings. The molecule has 7 heteroatoms. The Balaban J connectivity index is 1.69. The molecule has 0 spiro atoms. The van der Waals surface area contributed by atoms with Crippen LogP contribution in [0.4, 0.5) is 0 Å². The second-order valence-corrected chi connectivity index (χ2v) is 5.59. The number of carbonyl (C=O) groups is 1. The van der Waals surface area contributed by atoms with Gasteiger partial charge in [0.2, 0.25) is 0 Å². The molecule has 0 aliphatic carbocycles. The summed E-state index contributed by atoms with van der Waals surface area (Å²) in [5.41, 5.74) is 1.16. The van der Waals surface area contributed by atoms with Crippen molar-refractivity contribution in [1.82, 2.24) is 15.5 Å². The fraction of sp³-hybridized carbons (Fsp3) is 0.214. The largest absolute Gasteiger partial charge is 0.462 e. The Bertz CT molecular complexity index is 758. The molecule has 0 fully saturated rings. The Labute approximate surface area is 124 Å². The number of furan rings is 1. The number of hydrogen-bond donors (Lipinski definition) is 1. The summed E-state index contributed by atoms with van der Waals surface area (Å²) >= 11 is 1.50. The topological polar surface area (TPSA) is 81.2 Å². The maximum atomic E-state index is 11.9. The molecule has 0 saturated carbocycles. The van der Waals surface area contributed by atoms with E-state index in [9.17, 15) is 4.79 Å². The number of aromatic nitrogens is 2. The third-order valence-corrected chi connectivity index (χ3v) is 4.07. The summed E-state index contributed by atoms with van der Waals surface area (Å²) in [5.74, 6) is 1.07. The van der Waals surface area contributed by atoms with E-state index in [1.807, 2.05) is 19.1 Å². The first-order valence-electron chi connectivity index (χ1n) is 6.35. The molecule has 6 nitrogen and oxygen atoms in total. The highest BCUT2D eigenvalue weighted by atomic mass is 32.1. The van der Waals surface area contributed by atoms with E-state index in [4.69, 9.17) is 8.94 Å². The van der Waals surface area contributed by atoms with E-state index in [0.717, 1.165) is 21.3 Å². The van der Waals surface area contributed by atoms with E-state index in [0.29, 0.717) is 12.3 Å². The maximum absolute atomic E-state index is 11.9. The van der Waals surface area contributed by atoms with Gasteiger partial charge in [-0.2, -0.15) is 0 Å². The third kappa shape index (κ3) is 2.87. The van der Waals surface area contributed by atoms with Gasteiger partial charge in [-0.25, -0.2) is 4.98 Å². The lowest BCUT2D eigenvalue weighted by Gasteiger charge is -2.00. The van der Waals surface area contributed by atoms with E-state index < -0.39 is 0 Å². The summed E-state index contributed by atoms with van der Waals surface area (Å²) in [6, 6.07) is 5.28. The fourth-order valence-corrected chi connectivity index (χ4v) is 2.79. The second-order valence-electron chi connectivity index (χ2n) is 4.51. The van der Waals surface area contributed by atoms with E-state index in [-0.39, 0.29) is 11.6 Å². The lowest BCUT2D eigenvalue weighted by molar-refractivity contribution is 0.0942. The molecule has 0 aliphatic heterocycles. The minimum absolute atomic E-state index is 0.265. The zero-order chi connectivity index (χ0) is 14.8. The zero-order valence-electron chi connectivity index (χ0n) is 11.5. The van der Waals surface area contributed by atoms with Crippen LogP contribution >= 0.6 is 11.3 Å². The number of nitrogens with zero attached hydrogens (tertiary/aromatic N) is 2. The molecule has 0 radical (unpaired) electrons. The number of thiazole rings is 1.